The zero-order valence-electron chi connectivity index (χ0n) is 16.3. The summed E-state index contributed by atoms with van der Waals surface area (Å²) in [6, 6.07) is -0.764. The average Bonchev–Trinajstić information content (AvgIpc) is 3.17. The molecule has 3 heterocycles. The second-order valence-corrected chi connectivity index (χ2v) is 9.44. The van der Waals surface area contributed by atoms with Gasteiger partial charge in [-0.25, -0.2) is 19.1 Å². The van der Waals surface area contributed by atoms with E-state index in [1.807, 2.05) is 4.72 Å². The lowest BCUT2D eigenvalue weighted by atomic mass is 10.1. The highest BCUT2D eigenvalue weighted by Gasteiger charge is 2.49. The van der Waals surface area contributed by atoms with Crippen LogP contribution in [-0.2, 0) is 35.3 Å². The largest absolute Gasteiger partial charge is 0.369 e. The number of likely N-dealkylation sites (tertiary alicyclic amines) is 1. The van der Waals surface area contributed by atoms with Gasteiger partial charge in [-0.2, -0.15) is 8.42 Å². The Morgan fingerprint density at radius 3 is 2.74 bits per heavy atom. The number of imide groups is 1. The van der Waals surface area contributed by atoms with Crippen molar-refractivity contribution < 1.29 is 32.2 Å². The van der Waals surface area contributed by atoms with Gasteiger partial charge >= 0.3 is 16.2 Å². The molecule has 0 radical (unpaired) electrons. The first kappa shape index (κ1) is 22.7. The van der Waals surface area contributed by atoms with E-state index in [2.05, 4.69) is 9.68 Å². The molecule has 0 aromatic carbocycles. The highest BCUT2D eigenvalue weighted by molar-refractivity contribution is 7.91. The Bertz CT molecular complexity index is 1080. The number of carbonyl (C=O) groups excluding carboxylic acids is 3. The molecule has 17 heteroatoms. The summed E-state index contributed by atoms with van der Waals surface area (Å²) in [5, 5.41) is 5.08. The predicted molar refractivity (Wildman–Crippen MR) is 106 cm³/mol. The molecule has 1 aromatic heterocycles. The number of aryl methyl sites for hydroxylation is 1. The highest BCUT2D eigenvalue weighted by atomic mass is 32.2. The van der Waals surface area contributed by atoms with Crippen molar-refractivity contribution in [3.63, 3.8) is 0 Å². The van der Waals surface area contributed by atoms with Crippen LogP contribution in [0.5, 0.6) is 0 Å². The number of β-lactam (4-membered cyclic amide) rings is 1. The minimum Gasteiger partial charge on any atom is -0.369 e. The van der Waals surface area contributed by atoms with Crippen LogP contribution in [0, 0.1) is 6.92 Å². The Balaban J connectivity index is 1.67. The fraction of sp³-hybridized carbons (Fsp3) is 0.429. The van der Waals surface area contributed by atoms with Crippen molar-refractivity contribution in [2.24, 2.45) is 16.0 Å². The number of urea groups is 1. The van der Waals surface area contributed by atoms with Gasteiger partial charge in [-0.3, -0.25) is 14.5 Å². The topological polar surface area (TPSA) is 216 Å². The number of hydrogen-bond acceptors (Lipinski definition) is 11. The van der Waals surface area contributed by atoms with E-state index in [0.29, 0.717) is 16.3 Å². The summed E-state index contributed by atoms with van der Waals surface area (Å²) >= 11 is 0. The molecule has 3 atom stereocenters. The third-order valence-corrected chi connectivity index (χ3v) is 6.67. The molecule has 0 aliphatic carbocycles. The summed E-state index contributed by atoms with van der Waals surface area (Å²) in [6.07, 6.45) is -0.193. The number of amides is 4. The molecule has 0 saturated carbocycles. The van der Waals surface area contributed by atoms with Crippen molar-refractivity contribution in [2.45, 2.75) is 24.9 Å². The summed E-state index contributed by atoms with van der Waals surface area (Å²) in [5.41, 5.74) is 11.4. The molecule has 1 fully saturated rings. The summed E-state index contributed by atoms with van der Waals surface area (Å²) in [7, 11) is -4.01. The van der Waals surface area contributed by atoms with E-state index in [4.69, 9.17) is 20.8 Å². The van der Waals surface area contributed by atoms with E-state index in [9.17, 15) is 22.8 Å². The second kappa shape index (κ2) is 8.61. The molecule has 2 aliphatic rings. The van der Waals surface area contributed by atoms with E-state index >= 15 is 0 Å². The first-order chi connectivity index (χ1) is 14.5. The van der Waals surface area contributed by atoms with Gasteiger partial charge in [0.25, 0.3) is 5.91 Å². The average molecular weight is 476 g/mol. The van der Waals surface area contributed by atoms with Crippen LogP contribution >= 0.6 is 0 Å². The maximum atomic E-state index is 12.6. The van der Waals surface area contributed by atoms with Gasteiger partial charge in [0.15, 0.2) is 0 Å². The van der Waals surface area contributed by atoms with Gasteiger partial charge in [0.2, 0.25) is 11.8 Å². The number of nitrogens with zero attached hydrogens (tertiary/aromatic N) is 4. The molecule has 31 heavy (non-hydrogen) atoms. The summed E-state index contributed by atoms with van der Waals surface area (Å²) in [4.78, 5) is 43.1. The standard InChI is InChI=1S/C14H20N8O7S2/c1-7-3-11(29-17-7)18-31(26,27)19-14(25)21-5-9(12(21)24)22-8(4-10(15)23)6-30(13(22)16)20-28-2/h3,6,9,13,18H,4-5,16H2,1-2H3,(H2,15,23)(H,19,25). The molecule has 15 nitrogen and oxygen atoms in total. The summed E-state index contributed by atoms with van der Waals surface area (Å²) < 4.78 is 36.4. The molecule has 3 unspecified atom stereocenters. The lowest BCUT2D eigenvalue weighted by molar-refractivity contribution is -0.144. The number of carbonyl (C=O) groups is 3. The van der Waals surface area contributed by atoms with Crippen molar-refractivity contribution in [3.8, 4) is 0 Å². The molecule has 170 valence electrons. The number of hydrogen-bond donors (Lipinski definition) is 4. The molecule has 4 amide bonds. The number of nitrogens with two attached hydrogens (primary N) is 2. The summed E-state index contributed by atoms with van der Waals surface area (Å²) in [6.45, 7) is 1.41. The van der Waals surface area contributed by atoms with Gasteiger partial charge < -0.3 is 20.9 Å². The zero-order chi connectivity index (χ0) is 22.9. The van der Waals surface area contributed by atoms with Crippen molar-refractivity contribution in [3.05, 3.63) is 22.9 Å². The minimum absolute atomic E-state index is 0.171. The quantitative estimate of drug-likeness (QED) is 0.256. The molecule has 6 N–H and O–H groups in total. The van der Waals surface area contributed by atoms with Gasteiger partial charge in [0, 0.05) is 17.2 Å². The number of primary amides is 1. The van der Waals surface area contributed by atoms with Crippen LogP contribution in [0.4, 0.5) is 10.7 Å². The Kier molecular flexibility index (Phi) is 6.30. The maximum Gasteiger partial charge on any atom is 0.339 e. The van der Waals surface area contributed by atoms with E-state index in [-0.39, 0.29) is 18.8 Å². The first-order valence-corrected chi connectivity index (χ1v) is 11.4. The Morgan fingerprint density at radius 2 is 2.19 bits per heavy atom. The van der Waals surface area contributed by atoms with E-state index in [1.54, 1.807) is 17.1 Å². The van der Waals surface area contributed by atoms with Gasteiger partial charge in [-0.15, -0.1) is 4.53 Å². The molecular formula is C14H20N8O7S2. The smallest absolute Gasteiger partial charge is 0.339 e. The van der Waals surface area contributed by atoms with Gasteiger partial charge in [-0.05, 0) is 17.6 Å². The molecule has 0 spiro atoms. The third-order valence-electron chi connectivity index (χ3n) is 4.20. The number of rotatable bonds is 7. The molecule has 1 aromatic rings. The minimum atomic E-state index is -4.37. The fourth-order valence-electron chi connectivity index (χ4n) is 2.93. The van der Waals surface area contributed by atoms with Crippen LogP contribution in [0.15, 0.2) is 26.2 Å². The van der Waals surface area contributed by atoms with Crippen molar-refractivity contribution in [1.29, 1.82) is 0 Å². The van der Waals surface area contributed by atoms with Crippen LogP contribution in [-0.4, -0.2) is 66.4 Å². The Morgan fingerprint density at radius 1 is 1.48 bits per heavy atom. The predicted octanol–water partition coefficient (Wildman–Crippen LogP) is -1.80. The van der Waals surface area contributed by atoms with Gasteiger partial charge in [-0.1, -0.05) is 5.16 Å². The molecular weight excluding hydrogens is 456 g/mol. The van der Waals surface area contributed by atoms with E-state index < -0.39 is 50.3 Å². The SMILES string of the molecule is CO/N=S1/C=C(CC(N)=O)N(C2CN(C(=O)NS(=O)(=O)Nc3cc(C)no3)C2=O)C1N. The third kappa shape index (κ3) is 4.84. The maximum absolute atomic E-state index is 12.6. The second-order valence-electron chi connectivity index (χ2n) is 6.46. The lowest BCUT2D eigenvalue weighted by Gasteiger charge is -2.44. The monoisotopic (exact) mass is 476 g/mol. The number of nitrogens with one attached hydrogen (secondary N) is 2. The molecule has 3 rings (SSSR count). The van der Waals surface area contributed by atoms with Crippen LogP contribution in [0.25, 0.3) is 0 Å². The van der Waals surface area contributed by atoms with Crippen molar-refractivity contribution in [2.75, 3.05) is 18.4 Å². The Hall–Kier alpha value is -3.02. The van der Waals surface area contributed by atoms with Crippen LogP contribution in [0.1, 0.15) is 12.1 Å². The van der Waals surface area contributed by atoms with Crippen LogP contribution in [0.2, 0.25) is 0 Å². The zero-order valence-corrected chi connectivity index (χ0v) is 18.0. The summed E-state index contributed by atoms with van der Waals surface area (Å²) in [5.74, 6) is -1.56. The highest BCUT2D eigenvalue weighted by Crippen LogP contribution is 2.31. The number of aromatic nitrogens is 1. The van der Waals surface area contributed by atoms with Crippen LogP contribution < -0.4 is 20.9 Å². The van der Waals surface area contributed by atoms with E-state index in [0.717, 1.165) is 0 Å². The van der Waals surface area contributed by atoms with Crippen LogP contribution in [0.3, 0.4) is 0 Å². The molecule has 1 saturated heterocycles. The fourth-order valence-corrected chi connectivity index (χ4v) is 5.12. The normalized spacial score (nSPS) is 23.5. The number of anilines is 1. The lowest BCUT2D eigenvalue weighted by Crippen LogP contribution is -2.69. The molecule has 0 bridgehead atoms. The van der Waals surface area contributed by atoms with E-state index in [1.165, 1.54) is 18.1 Å². The molecule has 2 aliphatic heterocycles. The van der Waals surface area contributed by atoms with Crippen molar-refractivity contribution >= 4 is 44.6 Å². The van der Waals surface area contributed by atoms with Gasteiger partial charge in [0.1, 0.15) is 11.5 Å². The Labute approximate surface area is 178 Å². The van der Waals surface area contributed by atoms with Crippen molar-refractivity contribution in [1.82, 2.24) is 19.7 Å². The van der Waals surface area contributed by atoms with Gasteiger partial charge in [0.05, 0.1) is 25.8 Å². The first-order valence-electron chi connectivity index (χ1n) is 8.60.